The zero-order valence-corrected chi connectivity index (χ0v) is 14.0. The van der Waals surface area contributed by atoms with E-state index in [9.17, 15) is 10.1 Å². The maximum Gasteiger partial charge on any atom is 0.342 e. The molecule has 0 amide bonds. The number of nitro groups is 1. The van der Waals surface area contributed by atoms with E-state index >= 15 is 0 Å². The Bertz CT molecular complexity index is 707. The molecule has 24 heavy (non-hydrogen) atoms. The van der Waals surface area contributed by atoms with Crippen molar-refractivity contribution in [3.8, 4) is 5.75 Å². The minimum Gasteiger partial charge on any atom is -0.483 e. The van der Waals surface area contributed by atoms with Crippen LogP contribution < -0.4 is 10.1 Å². The molecule has 0 saturated carbocycles. The van der Waals surface area contributed by atoms with E-state index in [0.717, 1.165) is 12.2 Å². The molecule has 2 rings (SSSR count). The molecule has 0 bridgehead atoms. The highest BCUT2D eigenvalue weighted by Crippen LogP contribution is 2.19. The van der Waals surface area contributed by atoms with Gasteiger partial charge >= 0.3 is 5.82 Å². The Morgan fingerprint density at radius 1 is 1.42 bits per heavy atom. The van der Waals surface area contributed by atoms with E-state index in [1.165, 1.54) is 10.8 Å². The van der Waals surface area contributed by atoms with Crippen molar-refractivity contribution >= 4 is 17.8 Å². The molecular formula is C16H21N5O3. The number of nitrogens with zero attached hydrogens (tertiary/aromatic N) is 4. The Morgan fingerprint density at radius 2 is 2.12 bits per heavy atom. The van der Waals surface area contributed by atoms with Crippen molar-refractivity contribution in [1.82, 2.24) is 14.9 Å². The minimum absolute atomic E-state index is 0.0628. The van der Waals surface area contributed by atoms with Gasteiger partial charge in [-0.15, -0.1) is 0 Å². The molecule has 0 atom stereocenters. The third kappa shape index (κ3) is 4.80. The summed E-state index contributed by atoms with van der Waals surface area (Å²) in [6, 6.07) is 7.27. The first-order valence-electron chi connectivity index (χ1n) is 7.61. The molecule has 0 aliphatic heterocycles. The lowest BCUT2D eigenvalue weighted by Crippen LogP contribution is -2.17. The molecule has 0 unspecified atom stereocenters. The first-order chi connectivity index (χ1) is 11.5. The van der Waals surface area contributed by atoms with Crippen molar-refractivity contribution in [3.63, 3.8) is 0 Å². The van der Waals surface area contributed by atoms with Crippen LogP contribution in [0.2, 0.25) is 0 Å². The molecule has 1 N–H and O–H groups in total. The van der Waals surface area contributed by atoms with Crippen LogP contribution in [0.5, 0.6) is 5.75 Å². The van der Waals surface area contributed by atoms with E-state index < -0.39 is 4.92 Å². The normalized spacial score (nSPS) is 11.2. The lowest BCUT2D eigenvalue weighted by atomic mass is 10.2. The fourth-order valence-electron chi connectivity index (χ4n) is 1.93. The molecule has 128 valence electrons. The molecule has 2 aromatic rings. The fraction of sp³-hybridized carbons (Fsp3) is 0.375. The third-order valence-electron chi connectivity index (χ3n) is 3.28. The minimum atomic E-state index is -0.476. The summed E-state index contributed by atoms with van der Waals surface area (Å²) in [5, 5.41) is 13.9. The molecule has 0 saturated heterocycles. The van der Waals surface area contributed by atoms with Gasteiger partial charge in [0, 0.05) is 6.54 Å². The molecular weight excluding hydrogens is 310 g/mol. The van der Waals surface area contributed by atoms with E-state index in [-0.39, 0.29) is 12.4 Å². The molecule has 1 aromatic carbocycles. The van der Waals surface area contributed by atoms with Crippen LogP contribution in [0.3, 0.4) is 0 Å². The maximum absolute atomic E-state index is 10.8. The van der Waals surface area contributed by atoms with Gasteiger partial charge in [-0.2, -0.15) is 0 Å². The summed E-state index contributed by atoms with van der Waals surface area (Å²) >= 11 is 0. The van der Waals surface area contributed by atoms with Gasteiger partial charge in [0.15, 0.2) is 6.61 Å². The number of benzene rings is 1. The second-order valence-corrected chi connectivity index (χ2v) is 5.69. The summed E-state index contributed by atoms with van der Waals surface area (Å²) in [6.45, 7) is 5.29. The molecule has 8 heteroatoms. The van der Waals surface area contributed by atoms with Crippen molar-refractivity contribution in [2.45, 2.75) is 20.5 Å². The van der Waals surface area contributed by atoms with Crippen LogP contribution in [0.25, 0.3) is 0 Å². The quantitative estimate of drug-likeness (QED) is 0.347. The average Bonchev–Trinajstić information content (AvgIpc) is 2.91. The average molecular weight is 331 g/mol. The number of aromatic nitrogens is 2. The standard InChI is InChI=1S/C16H21N5O3/c1-12(2)8-17-11-19-13-4-6-14(7-5-13)24-10-15-18-9-16(20(15)3)21(22)23/h4-7,9,11-12H,8,10H2,1-3H3,(H,17,19). The predicted octanol–water partition coefficient (Wildman–Crippen LogP) is 2.81. The van der Waals surface area contributed by atoms with Crippen molar-refractivity contribution < 1.29 is 9.66 Å². The van der Waals surface area contributed by atoms with Crippen LogP contribution in [-0.2, 0) is 13.7 Å². The monoisotopic (exact) mass is 331 g/mol. The Labute approximate surface area is 140 Å². The van der Waals surface area contributed by atoms with E-state index in [0.29, 0.717) is 17.5 Å². The Balaban J connectivity index is 1.89. The van der Waals surface area contributed by atoms with Gasteiger partial charge in [-0.1, -0.05) is 13.8 Å². The number of hydrogen-bond donors (Lipinski definition) is 1. The summed E-state index contributed by atoms with van der Waals surface area (Å²) < 4.78 is 7.01. The van der Waals surface area contributed by atoms with Crippen LogP contribution >= 0.6 is 0 Å². The van der Waals surface area contributed by atoms with Crippen molar-refractivity contribution in [1.29, 1.82) is 0 Å². The summed E-state index contributed by atoms with van der Waals surface area (Å²) in [5.74, 6) is 1.64. The smallest absolute Gasteiger partial charge is 0.342 e. The first-order valence-corrected chi connectivity index (χ1v) is 7.61. The second-order valence-electron chi connectivity index (χ2n) is 5.69. The number of aliphatic imine (C=N–C) groups is 1. The van der Waals surface area contributed by atoms with Crippen LogP contribution in [0.1, 0.15) is 19.7 Å². The van der Waals surface area contributed by atoms with E-state index in [2.05, 4.69) is 29.1 Å². The van der Waals surface area contributed by atoms with Gasteiger partial charge in [0.2, 0.25) is 5.82 Å². The maximum atomic E-state index is 10.8. The molecule has 0 aliphatic rings. The van der Waals surface area contributed by atoms with Gasteiger partial charge in [-0.3, -0.25) is 0 Å². The van der Waals surface area contributed by atoms with E-state index in [1.807, 2.05) is 12.1 Å². The van der Waals surface area contributed by atoms with Gasteiger partial charge in [-0.25, -0.2) is 14.5 Å². The van der Waals surface area contributed by atoms with Gasteiger partial charge < -0.3 is 20.2 Å². The Morgan fingerprint density at radius 3 is 2.71 bits per heavy atom. The van der Waals surface area contributed by atoms with Crippen LogP contribution in [0.15, 0.2) is 35.5 Å². The lowest BCUT2D eigenvalue weighted by molar-refractivity contribution is -0.391. The summed E-state index contributed by atoms with van der Waals surface area (Å²) in [4.78, 5) is 18.6. The summed E-state index contributed by atoms with van der Waals surface area (Å²) in [7, 11) is 1.59. The van der Waals surface area contributed by atoms with Crippen LogP contribution in [0.4, 0.5) is 11.5 Å². The SMILES string of the molecule is CC(C)CN/C=N/c1ccc(OCc2ncc([N+](=O)[O-])n2C)cc1. The fourth-order valence-corrected chi connectivity index (χ4v) is 1.93. The topological polar surface area (TPSA) is 94.6 Å². The van der Waals surface area contributed by atoms with E-state index in [1.54, 1.807) is 25.5 Å². The number of ether oxygens (including phenoxy) is 1. The zero-order valence-electron chi connectivity index (χ0n) is 14.0. The highest BCUT2D eigenvalue weighted by Gasteiger charge is 2.16. The Kier molecular flexibility index (Phi) is 5.89. The van der Waals surface area contributed by atoms with Gasteiger partial charge in [0.1, 0.15) is 11.9 Å². The highest BCUT2D eigenvalue weighted by molar-refractivity contribution is 5.61. The van der Waals surface area contributed by atoms with E-state index in [4.69, 9.17) is 4.74 Å². The Hall–Kier alpha value is -2.90. The predicted molar refractivity (Wildman–Crippen MR) is 91.6 cm³/mol. The highest BCUT2D eigenvalue weighted by atomic mass is 16.6. The molecule has 0 radical (unpaired) electrons. The first kappa shape index (κ1) is 17.5. The number of nitrogens with one attached hydrogen (secondary N) is 1. The largest absolute Gasteiger partial charge is 0.483 e. The molecule has 0 spiro atoms. The summed E-state index contributed by atoms with van der Waals surface area (Å²) in [6.07, 6.45) is 2.91. The van der Waals surface area contributed by atoms with Gasteiger partial charge in [0.05, 0.1) is 19.1 Å². The molecule has 1 aromatic heterocycles. The molecule has 1 heterocycles. The van der Waals surface area contributed by atoms with Crippen LogP contribution in [-0.4, -0.2) is 27.4 Å². The summed E-state index contributed by atoms with van der Waals surface area (Å²) in [5.41, 5.74) is 0.811. The molecule has 8 nitrogen and oxygen atoms in total. The number of hydrogen-bond acceptors (Lipinski definition) is 5. The van der Waals surface area contributed by atoms with Crippen molar-refractivity contribution in [2.75, 3.05) is 6.54 Å². The molecule has 0 fully saturated rings. The number of imidazole rings is 1. The third-order valence-corrected chi connectivity index (χ3v) is 3.28. The van der Waals surface area contributed by atoms with Gasteiger partial charge in [0.25, 0.3) is 0 Å². The second kappa shape index (κ2) is 8.09. The lowest BCUT2D eigenvalue weighted by Gasteiger charge is -2.05. The van der Waals surface area contributed by atoms with Gasteiger partial charge in [-0.05, 0) is 35.1 Å². The van der Waals surface area contributed by atoms with Crippen molar-refractivity contribution in [3.05, 3.63) is 46.4 Å². The van der Waals surface area contributed by atoms with Crippen molar-refractivity contribution in [2.24, 2.45) is 18.0 Å². The van der Waals surface area contributed by atoms with Crippen LogP contribution in [0, 0.1) is 16.0 Å². The zero-order chi connectivity index (χ0) is 17.5. The molecule has 0 aliphatic carbocycles. The number of rotatable bonds is 8.